The smallest absolute Gasteiger partial charge is 0.323 e. The highest BCUT2D eigenvalue weighted by Crippen LogP contribution is 2.25. The van der Waals surface area contributed by atoms with E-state index in [1.54, 1.807) is 6.07 Å². The Morgan fingerprint density at radius 1 is 1.00 bits per heavy atom. The zero-order valence-corrected chi connectivity index (χ0v) is 18.5. The first-order chi connectivity index (χ1) is 15.0. The van der Waals surface area contributed by atoms with Gasteiger partial charge in [-0.2, -0.15) is 0 Å². The highest BCUT2D eigenvalue weighted by molar-refractivity contribution is 6.33. The fourth-order valence-corrected chi connectivity index (χ4v) is 3.79. The van der Waals surface area contributed by atoms with Crippen LogP contribution < -0.4 is 15.5 Å². The van der Waals surface area contributed by atoms with Crippen LogP contribution in [0.15, 0.2) is 54.6 Å². The summed E-state index contributed by atoms with van der Waals surface area (Å²) in [6.45, 7) is 6.31. The van der Waals surface area contributed by atoms with Crippen molar-refractivity contribution in [2.45, 2.75) is 26.7 Å². The third-order valence-corrected chi connectivity index (χ3v) is 5.90. The van der Waals surface area contributed by atoms with Crippen LogP contribution >= 0.6 is 11.6 Å². The van der Waals surface area contributed by atoms with E-state index in [1.807, 2.05) is 55.5 Å². The van der Waals surface area contributed by atoms with Gasteiger partial charge in [0.1, 0.15) is 0 Å². The van der Waals surface area contributed by atoms with Crippen LogP contribution in [0.25, 0.3) is 11.3 Å². The molecule has 4 rings (SSSR count). The van der Waals surface area contributed by atoms with Gasteiger partial charge in [-0.1, -0.05) is 36.7 Å². The van der Waals surface area contributed by atoms with E-state index in [0.29, 0.717) is 16.4 Å². The molecule has 0 spiro atoms. The Balaban J connectivity index is 1.37. The van der Waals surface area contributed by atoms with E-state index < -0.39 is 0 Å². The van der Waals surface area contributed by atoms with Gasteiger partial charge in [0.05, 0.1) is 16.4 Å². The molecular weight excluding hydrogens is 410 g/mol. The van der Waals surface area contributed by atoms with Gasteiger partial charge in [0.15, 0.2) is 5.82 Å². The van der Waals surface area contributed by atoms with Crippen LogP contribution in [0.1, 0.15) is 25.3 Å². The Hall–Kier alpha value is -3.12. The number of nitrogens with zero attached hydrogens (tertiary/aromatic N) is 3. The fourth-order valence-electron chi connectivity index (χ4n) is 3.63. The number of benzene rings is 2. The minimum atomic E-state index is -0.347. The van der Waals surface area contributed by atoms with E-state index in [0.717, 1.165) is 41.6 Å². The first-order valence-corrected chi connectivity index (χ1v) is 10.9. The lowest BCUT2D eigenvalue weighted by Crippen LogP contribution is -2.33. The van der Waals surface area contributed by atoms with E-state index >= 15 is 0 Å². The Labute approximate surface area is 187 Å². The molecule has 3 aromatic rings. The number of amides is 2. The number of carbonyl (C=O) groups excluding carboxylic acids is 1. The molecular formula is C24H26ClN5O. The van der Waals surface area contributed by atoms with Crippen molar-refractivity contribution < 1.29 is 4.79 Å². The molecule has 1 saturated heterocycles. The molecule has 31 heavy (non-hydrogen) atoms. The summed E-state index contributed by atoms with van der Waals surface area (Å²) in [4.78, 5) is 14.6. The lowest BCUT2D eigenvalue weighted by molar-refractivity contribution is 0.262. The van der Waals surface area contributed by atoms with Crippen LogP contribution in [-0.4, -0.2) is 29.3 Å². The fraction of sp³-hybridized carbons (Fsp3) is 0.292. The minimum absolute atomic E-state index is 0.347. The standard InChI is InChI=1S/C24H26ClN5O/c1-16-11-13-30(14-12-16)23-10-9-21(28-29-23)18-4-6-19(7-5-18)26-24(31)27-22-15-17(2)3-8-20(22)25/h3-10,15-16H,11-14H2,1-2H3,(H2,26,27,31). The van der Waals surface area contributed by atoms with Crippen molar-refractivity contribution in [2.75, 3.05) is 28.6 Å². The predicted molar refractivity (Wildman–Crippen MR) is 127 cm³/mol. The number of anilines is 3. The van der Waals surface area contributed by atoms with Crippen molar-refractivity contribution in [3.63, 3.8) is 0 Å². The second-order valence-electron chi connectivity index (χ2n) is 8.09. The van der Waals surface area contributed by atoms with Crippen molar-refractivity contribution in [1.82, 2.24) is 10.2 Å². The van der Waals surface area contributed by atoms with Gasteiger partial charge in [-0.15, -0.1) is 10.2 Å². The van der Waals surface area contributed by atoms with E-state index in [4.69, 9.17) is 11.6 Å². The number of nitrogens with one attached hydrogen (secondary N) is 2. The Morgan fingerprint density at radius 3 is 2.42 bits per heavy atom. The molecule has 7 heteroatoms. The van der Waals surface area contributed by atoms with Crippen molar-refractivity contribution in [2.24, 2.45) is 5.92 Å². The summed E-state index contributed by atoms with van der Waals surface area (Å²) in [7, 11) is 0. The number of aromatic nitrogens is 2. The minimum Gasteiger partial charge on any atom is -0.355 e. The maximum absolute atomic E-state index is 12.3. The molecule has 0 radical (unpaired) electrons. The zero-order valence-electron chi connectivity index (χ0n) is 17.7. The molecule has 0 atom stereocenters. The normalized spacial score (nSPS) is 14.4. The first kappa shape index (κ1) is 21.1. The topological polar surface area (TPSA) is 70.2 Å². The molecule has 1 aromatic heterocycles. The lowest BCUT2D eigenvalue weighted by atomic mass is 9.99. The first-order valence-electron chi connectivity index (χ1n) is 10.5. The van der Waals surface area contributed by atoms with Crippen molar-refractivity contribution in [1.29, 1.82) is 0 Å². The molecule has 1 aliphatic heterocycles. The summed E-state index contributed by atoms with van der Waals surface area (Å²) in [6, 6.07) is 16.7. The number of rotatable bonds is 4. The van der Waals surface area contributed by atoms with Gasteiger partial charge < -0.3 is 15.5 Å². The Morgan fingerprint density at radius 2 is 1.74 bits per heavy atom. The third kappa shape index (κ3) is 5.33. The number of urea groups is 1. The third-order valence-electron chi connectivity index (χ3n) is 5.57. The summed E-state index contributed by atoms with van der Waals surface area (Å²) >= 11 is 6.14. The molecule has 0 bridgehead atoms. The number of aryl methyl sites for hydroxylation is 1. The van der Waals surface area contributed by atoms with E-state index in [-0.39, 0.29) is 6.03 Å². The van der Waals surface area contributed by atoms with Crippen LogP contribution in [-0.2, 0) is 0 Å². The van der Waals surface area contributed by atoms with Crippen LogP contribution in [0.3, 0.4) is 0 Å². The van der Waals surface area contributed by atoms with Crippen molar-refractivity contribution in [3.05, 3.63) is 65.2 Å². The van der Waals surface area contributed by atoms with Crippen LogP contribution in [0.2, 0.25) is 5.02 Å². The molecule has 2 N–H and O–H groups in total. The number of halogens is 1. The van der Waals surface area contributed by atoms with Crippen LogP contribution in [0.4, 0.5) is 22.0 Å². The average Bonchev–Trinajstić information content (AvgIpc) is 2.77. The van der Waals surface area contributed by atoms with E-state index in [9.17, 15) is 4.79 Å². The van der Waals surface area contributed by atoms with E-state index in [2.05, 4.69) is 32.7 Å². The highest BCUT2D eigenvalue weighted by Gasteiger charge is 2.17. The monoisotopic (exact) mass is 435 g/mol. The van der Waals surface area contributed by atoms with Gasteiger partial charge >= 0.3 is 6.03 Å². The van der Waals surface area contributed by atoms with Gasteiger partial charge in [0.25, 0.3) is 0 Å². The average molecular weight is 436 g/mol. The van der Waals surface area contributed by atoms with Crippen LogP contribution in [0.5, 0.6) is 0 Å². The summed E-state index contributed by atoms with van der Waals surface area (Å²) < 4.78 is 0. The van der Waals surface area contributed by atoms with Gasteiger partial charge in [-0.25, -0.2) is 4.79 Å². The predicted octanol–water partition coefficient (Wildman–Crippen LogP) is 5.99. The van der Waals surface area contributed by atoms with Crippen LogP contribution in [0, 0.1) is 12.8 Å². The SMILES string of the molecule is Cc1ccc(Cl)c(NC(=O)Nc2ccc(-c3ccc(N4CCC(C)CC4)nn3)cc2)c1. The van der Waals surface area contributed by atoms with Gasteiger partial charge in [0.2, 0.25) is 0 Å². The molecule has 6 nitrogen and oxygen atoms in total. The molecule has 2 aromatic carbocycles. The molecule has 1 fully saturated rings. The molecule has 160 valence electrons. The molecule has 0 aliphatic carbocycles. The highest BCUT2D eigenvalue weighted by atomic mass is 35.5. The lowest BCUT2D eigenvalue weighted by Gasteiger charge is -2.30. The van der Waals surface area contributed by atoms with E-state index in [1.165, 1.54) is 12.8 Å². The molecule has 0 saturated carbocycles. The number of carbonyl (C=O) groups is 1. The van der Waals surface area contributed by atoms with Crippen molar-refractivity contribution >= 4 is 34.8 Å². The molecule has 2 amide bonds. The summed E-state index contributed by atoms with van der Waals surface area (Å²) in [5, 5.41) is 14.9. The second-order valence-corrected chi connectivity index (χ2v) is 8.49. The maximum Gasteiger partial charge on any atom is 0.323 e. The zero-order chi connectivity index (χ0) is 21.8. The summed E-state index contributed by atoms with van der Waals surface area (Å²) in [5.41, 5.74) is 4.02. The van der Waals surface area contributed by atoms with Gasteiger partial charge in [-0.05, 0) is 67.6 Å². The second kappa shape index (κ2) is 9.35. The number of hydrogen-bond donors (Lipinski definition) is 2. The largest absolute Gasteiger partial charge is 0.355 e. The quantitative estimate of drug-likeness (QED) is 0.528. The number of hydrogen-bond acceptors (Lipinski definition) is 4. The summed E-state index contributed by atoms with van der Waals surface area (Å²) in [6.07, 6.45) is 2.39. The molecule has 1 aliphatic rings. The maximum atomic E-state index is 12.3. The van der Waals surface area contributed by atoms with Gasteiger partial charge in [0, 0.05) is 24.3 Å². The van der Waals surface area contributed by atoms with Gasteiger partial charge in [-0.3, -0.25) is 0 Å². The number of piperidine rings is 1. The Bertz CT molecular complexity index is 1040. The summed E-state index contributed by atoms with van der Waals surface area (Å²) in [5.74, 6) is 1.71. The van der Waals surface area contributed by atoms with Crippen molar-refractivity contribution in [3.8, 4) is 11.3 Å². The molecule has 0 unspecified atom stereocenters. The Kier molecular flexibility index (Phi) is 6.37. The molecule has 2 heterocycles.